The van der Waals surface area contributed by atoms with E-state index in [1.165, 1.54) is 11.0 Å². The van der Waals surface area contributed by atoms with E-state index in [0.717, 1.165) is 0 Å². The van der Waals surface area contributed by atoms with E-state index in [1.54, 1.807) is 44.7 Å². The summed E-state index contributed by atoms with van der Waals surface area (Å²) in [5.74, 6) is -6.33. The second kappa shape index (κ2) is 9.60. The topological polar surface area (TPSA) is 190 Å². The molecule has 1 aromatic carbocycles. The van der Waals surface area contributed by atoms with Gasteiger partial charge < -0.3 is 36.4 Å². The molecule has 216 valence electrons. The molecule has 3 aliphatic rings. The lowest BCUT2D eigenvalue weighted by molar-refractivity contribution is -0.156. The van der Waals surface area contributed by atoms with Gasteiger partial charge in [-0.25, -0.2) is 0 Å². The lowest BCUT2D eigenvalue weighted by Gasteiger charge is -2.55. The lowest BCUT2D eigenvalue weighted by atomic mass is 9.51. The van der Waals surface area contributed by atoms with Crippen molar-refractivity contribution in [1.29, 1.82) is 0 Å². The van der Waals surface area contributed by atoms with Crippen LogP contribution in [0, 0.1) is 11.3 Å². The van der Waals surface area contributed by atoms with Gasteiger partial charge in [0, 0.05) is 55.6 Å². The number of benzene rings is 1. The molecule has 7 N–H and O–H groups in total. The number of phenolic OH excluding ortho intramolecular Hbond substituents is 1. The molecular formula is C29H33N5O7. The summed E-state index contributed by atoms with van der Waals surface area (Å²) < 4.78 is 0. The minimum Gasteiger partial charge on any atom is -0.508 e. The number of nitrogens with one attached hydrogen (secondary N) is 1. The second-order valence-corrected chi connectivity index (χ2v) is 11.4. The Morgan fingerprint density at radius 1 is 1.15 bits per heavy atom. The quantitative estimate of drug-likeness (QED) is 0.274. The monoisotopic (exact) mass is 563 g/mol. The third kappa shape index (κ3) is 3.97. The minimum atomic E-state index is -2.74. The molecule has 3 aliphatic carbocycles. The number of hydrogen-bond donors (Lipinski definition) is 6. The molecule has 12 heteroatoms. The summed E-state index contributed by atoms with van der Waals surface area (Å²) in [5.41, 5.74) is 2.32. The number of fused-ring (bicyclic) bond motifs is 3. The fourth-order valence-corrected chi connectivity index (χ4v) is 6.80. The number of anilines is 2. The maximum Gasteiger partial charge on any atom is 0.255 e. The van der Waals surface area contributed by atoms with Crippen LogP contribution in [0.3, 0.4) is 0 Å². The Morgan fingerprint density at radius 2 is 1.85 bits per heavy atom. The normalized spacial score (nSPS) is 27.4. The molecule has 1 heterocycles. The SMILES string of the molecule is CN(C)c1ccc(O)c2c1C[C@@]1(CNc3cccnc3)C[C@H]3[C@H](N(C)C)C(=O)C(C(N)=O)=C(O)[C@@]3(O)C(=O)C1=C2O. The molecule has 1 saturated carbocycles. The van der Waals surface area contributed by atoms with Gasteiger partial charge in [0.15, 0.2) is 11.4 Å². The number of carbonyl (C=O) groups is 3. The van der Waals surface area contributed by atoms with Crippen LogP contribution in [0.15, 0.2) is 53.6 Å². The highest BCUT2D eigenvalue weighted by Crippen LogP contribution is 2.59. The summed E-state index contributed by atoms with van der Waals surface area (Å²) in [7, 11) is 6.75. The number of amides is 1. The van der Waals surface area contributed by atoms with Crippen LogP contribution in [0.5, 0.6) is 5.75 Å². The van der Waals surface area contributed by atoms with Crippen molar-refractivity contribution in [3.05, 3.63) is 64.7 Å². The summed E-state index contributed by atoms with van der Waals surface area (Å²) in [6, 6.07) is 5.42. The molecule has 12 nitrogen and oxygen atoms in total. The van der Waals surface area contributed by atoms with Crippen LogP contribution in [0.25, 0.3) is 5.76 Å². The van der Waals surface area contributed by atoms with Gasteiger partial charge in [-0.05, 0) is 56.8 Å². The first-order valence-electron chi connectivity index (χ1n) is 13.1. The van der Waals surface area contributed by atoms with Gasteiger partial charge >= 0.3 is 0 Å². The van der Waals surface area contributed by atoms with Gasteiger partial charge in [0.25, 0.3) is 5.91 Å². The van der Waals surface area contributed by atoms with E-state index in [-0.39, 0.29) is 36.3 Å². The van der Waals surface area contributed by atoms with E-state index in [0.29, 0.717) is 16.9 Å². The molecule has 1 aromatic heterocycles. The maximum atomic E-state index is 14.5. The number of aromatic nitrogens is 1. The molecule has 2 aromatic rings. The lowest BCUT2D eigenvalue weighted by Crippen LogP contribution is -2.68. The summed E-state index contributed by atoms with van der Waals surface area (Å²) >= 11 is 0. The molecule has 1 fully saturated rings. The summed E-state index contributed by atoms with van der Waals surface area (Å²) in [4.78, 5) is 47.7. The Labute approximate surface area is 236 Å². The number of Topliss-reactive ketones (excluding diaryl/α,β-unsaturated/α-hetero) is 2. The first-order valence-corrected chi connectivity index (χ1v) is 13.1. The largest absolute Gasteiger partial charge is 0.508 e. The minimum absolute atomic E-state index is 0.0354. The van der Waals surface area contributed by atoms with E-state index in [1.807, 2.05) is 19.0 Å². The molecule has 1 amide bonds. The van der Waals surface area contributed by atoms with E-state index in [2.05, 4.69) is 10.3 Å². The third-order valence-corrected chi connectivity index (χ3v) is 8.58. The van der Waals surface area contributed by atoms with E-state index >= 15 is 0 Å². The predicted octanol–water partition coefficient (Wildman–Crippen LogP) is 0.907. The Hall–Kier alpha value is -4.42. The van der Waals surface area contributed by atoms with E-state index in [4.69, 9.17) is 5.73 Å². The molecule has 41 heavy (non-hydrogen) atoms. The van der Waals surface area contributed by atoms with E-state index < -0.39 is 57.5 Å². The number of primary amides is 1. The molecule has 0 aliphatic heterocycles. The Morgan fingerprint density at radius 3 is 2.44 bits per heavy atom. The zero-order valence-electron chi connectivity index (χ0n) is 23.2. The van der Waals surface area contributed by atoms with Crippen LogP contribution < -0.4 is 16.0 Å². The summed E-state index contributed by atoms with van der Waals surface area (Å²) in [6.07, 6.45) is 3.27. The number of phenols is 1. The van der Waals surface area contributed by atoms with Crippen LogP contribution in [-0.4, -0.2) is 94.2 Å². The van der Waals surface area contributed by atoms with Crippen molar-refractivity contribution in [1.82, 2.24) is 9.88 Å². The molecule has 0 bridgehead atoms. The highest BCUT2D eigenvalue weighted by atomic mass is 16.3. The van der Waals surface area contributed by atoms with Crippen LogP contribution in [-0.2, 0) is 20.8 Å². The zero-order chi connectivity index (χ0) is 30.0. The van der Waals surface area contributed by atoms with Crippen LogP contribution >= 0.6 is 0 Å². The average Bonchev–Trinajstić information content (AvgIpc) is 2.90. The summed E-state index contributed by atoms with van der Waals surface area (Å²) in [5, 5.41) is 49.0. The second-order valence-electron chi connectivity index (χ2n) is 11.4. The maximum absolute atomic E-state index is 14.5. The third-order valence-electron chi connectivity index (χ3n) is 8.58. The van der Waals surface area contributed by atoms with Crippen LogP contribution in [0.1, 0.15) is 17.5 Å². The van der Waals surface area contributed by atoms with Gasteiger partial charge in [0.2, 0.25) is 5.78 Å². The highest BCUT2D eigenvalue weighted by Gasteiger charge is 2.67. The predicted molar refractivity (Wildman–Crippen MR) is 150 cm³/mol. The highest BCUT2D eigenvalue weighted by molar-refractivity contribution is 6.24. The zero-order valence-corrected chi connectivity index (χ0v) is 23.2. The van der Waals surface area contributed by atoms with E-state index in [9.17, 15) is 34.8 Å². The number of aliphatic hydroxyl groups excluding tert-OH is 2. The standard InChI is InChI=1S/C29H33N5O7/c1-33(2)17-7-8-18(35)19-15(17)10-28(13-32-14-6-5-9-31-12-14)11-16-22(34(3)4)24(37)20(27(30)40)25(38)29(16,41)26(39)21(28)23(19)36/h5-9,12,16,22,32,35-36,38,41H,10-11,13H2,1-4H3,(H2,30,40)/t16-,22-,28-,29+/m0/s1. The van der Waals surface area contributed by atoms with Gasteiger partial charge in [-0.15, -0.1) is 0 Å². The van der Waals surface area contributed by atoms with Crippen molar-refractivity contribution in [3.8, 4) is 5.75 Å². The molecule has 4 atom stereocenters. The van der Waals surface area contributed by atoms with Crippen LogP contribution in [0.4, 0.5) is 11.4 Å². The van der Waals surface area contributed by atoms with Crippen molar-refractivity contribution in [2.75, 3.05) is 45.0 Å². The number of aliphatic hydroxyl groups is 3. The van der Waals surface area contributed by atoms with Crippen molar-refractivity contribution in [2.45, 2.75) is 24.5 Å². The molecule has 5 rings (SSSR count). The number of rotatable bonds is 6. The number of carbonyl (C=O) groups excluding carboxylic acids is 3. The molecule has 0 spiro atoms. The number of nitrogens with two attached hydrogens (primary N) is 1. The van der Waals surface area contributed by atoms with Gasteiger partial charge in [-0.1, -0.05) is 0 Å². The fraction of sp³-hybridized carbons (Fsp3) is 0.379. The first-order chi connectivity index (χ1) is 19.3. The van der Waals surface area contributed by atoms with Gasteiger partial charge in [0.05, 0.1) is 17.3 Å². The number of hydrogen-bond acceptors (Lipinski definition) is 11. The first kappa shape index (κ1) is 28.1. The van der Waals surface area contributed by atoms with Crippen molar-refractivity contribution in [3.63, 3.8) is 0 Å². The average molecular weight is 564 g/mol. The Kier molecular flexibility index (Phi) is 6.58. The molecule has 0 radical (unpaired) electrons. The number of likely N-dealkylation sites (N-methyl/N-ethyl adjacent to an activating group) is 1. The van der Waals surface area contributed by atoms with Crippen LogP contribution in [0.2, 0.25) is 0 Å². The number of ketones is 2. The fourth-order valence-electron chi connectivity index (χ4n) is 6.80. The number of pyridine rings is 1. The van der Waals surface area contributed by atoms with Crippen molar-refractivity contribution < 1.29 is 34.8 Å². The molecule has 0 unspecified atom stereocenters. The van der Waals surface area contributed by atoms with Gasteiger partial charge in [-0.3, -0.25) is 24.3 Å². The summed E-state index contributed by atoms with van der Waals surface area (Å²) in [6.45, 7) is 0.0693. The van der Waals surface area contributed by atoms with Gasteiger partial charge in [0.1, 0.15) is 22.8 Å². The Bertz CT molecular complexity index is 1530. The molecular weight excluding hydrogens is 530 g/mol. The smallest absolute Gasteiger partial charge is 0.255 e. The molecule has 0 saturated heterocycles. The number of nitrogens with zero attached hydrogens (tertiary/aromatic N) is 3. The number of aromatic hydroxyl groups is 1. The van der Waals surface area contributed by atoms with Crippen molar-refractivity contribution >= 4 is 34.6 Å². The van der Waals surface area contributed by atoms with Gasteiger partial charge in [-0.2, -0.15) is 0 Å². The Balaban J connectivity index is 1.81. The van der Waals surface area contributed by atoms with Crippen molar-refractivity contribution in [2.24, 2.45) is 17.1 Å².